The van der Waals surface area contributed by atoms with Crippen molar-refractivity contribution in [1.82, 2.24) is 4.98 Å². The van der Waals surface area contributed by atoms with Crippen LogP contribution in [0.5, 0.6) is 11.5 Å². The van der Waals surface area contributed by atoms with Crippen molar-refractivity contribution in [3.05, 3.63) is 119 Å². The van der Waals surface area contributed by atoms with Crippen molar-refractivity contribution in [2.45, 2.75) is 12.8 Å². The number of carbonyl (C=O) groups is 1. The summed E-state index contributed by atoms with van der Waals surface area (Å²) in [5, 5.41) is 0. The Hall–Kier alpha value is -3.92. The first-order valence-electron chi connectivity index (χ1n) is 9.83. The Morgan fingerprint density at radius 2 is 1.37 bits per heavy atom. The molecule has 30 heavy (non-hydrogen) atoms. The van der Waals surface area contributed by atoms with E-state index in [0.29, 0.717) is 23.3 Å². The lowest BCUT2D eigenvalue weighted by Crippen LogP contribution is -2.14. The van der Waals surface area contributed by atoms with Crippen LogP contribution in [-0.2, 0) is 6.42 Å². The van der Waals surface area contributed by atoms with Gasteiger partial charge in [0.15, 0.2) is 5.78 Å². The lowest BCUT2D eigenvalue weighted by atomic mass is 10.0. The molecule has 0 saturated heterocycles. The zero-order valence-electron chi connectivity index (χ0n) is 16.4. The van der Waals surface area contributed by atoms with E-state index in [1.165, 1.54) is 0 Å². The van der Waals surface area contributed by atoms with Gasteiger partial charge in [0.25, 0.3) is 5.56 Å². The summed E-state index contributed by atoms with van der Waals surface area (Å²) in [6, 6.07) is 29.9. The number of para-hydroxylation sites is 1. The molecule has 0 fully saturated rings. The molecule has 0 spiro atoms. The van der Waals surface area contributed by atoms with E-state index >= 15 is 0 Å². The van der Waals surface area contributed by atoms with Gasteiger partial charge in [-0.2, -0.15) is 0 Å². The number of benzene rings is 3. The molecule has 0 radical (unpaired) electrons. The van der Waals surface area contributed by atoms with E-state index in [9.17, 15) is 9.59 Å². The Bertz CT molecular complexity index is 1180. The summed E-state index contributed by atoms with van der Waals surface area (Å²) in [5.41, 5.74) is 2.77. The largest absolute Gasteiger partial charge is 0.457 e. The molecule has 1 heterocycles. The second kappa shape index (κ2) is 9.05. The lowest BCUT2D eigenvalue weighted by Gasteiger charge is -2.07. The van der Waals surface area contributed by atoms with Crippen molar-refractivity contribution >= 4 is 5.78 Å². The van der Waals surface area contributed by atoms with Gasteiger partial charge >= 0.3 is 0 Å². The number of hydrogen-bond acceptors (Lipinski definition) is 3. The lowest BCUT2D eigenvalue weighted by molar-refractivity contribution is 0.0982. The number of rotatable bonds is 7. The Morgan fingerprint density at radius 3 is 2.03 bits per heavy atom. The number of carbonyl (C=O) groups excluding carboxylic acids is 1. The van der Waals surface area contributed by atoms with E-state index < -0.39 is 0 Å². The van der Waals surface area contributed by atoms with Crippen molar-refractivity contribution in [2.24, 2.45) is 0 Å². The number of hydrogen-bond donors (Lipinski definition) is 1. The zero-order chi connectivity index (χ0) is 20.8. The molecule has 4 heteroatoms. The topological polar surface area (TPSA) is 59.2 Å². The molecule has 4 rings (SSSR count). The monoisotopic (exact) mass is 395 g/mol. The van der Waals surface area contributed by atoms with Gasteiger partial charge in [-0.15, -0.1) is 0 Å². The van der Waals surface area contributed by atoms with Crippen molar-refractivity contribution in [3.8, 4) is 22.8 Å². The molecule has 0 aliphatic rings. The molecule has 0 bridgehead atoms. The van der Waals surface area contributed by atoms with E-state index in [1.54, 1.807) is 30.3 Å². The van der Waals surface area contributed by atoms with E-state index in [2.05, 4.69) is 4.98 Å². The van der Waals surface area contributed by atoms with Gasteiger partial charge in [0.1, 0.15) is 11.5 Å². The third-order valence-corrected chi connectivity index (χ3v) is 4.85. The quantitative estimate of drug-likeness (QED) is 0.411. The van der Waals surface area contributed by atoms with Crippen LogP contribution >= 0.6 is 0 Å². The van der Waals surface area contributed by atoms with Crippen molar-refractivity contribution in [3.63, 3.8) is 0 Å². The first kappa shape index (κ1) is 19.4. The fraction of sp³-hybridized carbons (Fsp3) is 0.0769. The normalized spacial score (nSPS) is 10.5. The van der Waals surface area contributed by atoms with E-state index in [1.807, 2.05) is 66.7 Å². The fourth-order valence-corrected chi connectivity index (χ4v) is 3.21. The third-order valence-electron chi connectivity index (χ3n) is 4.85. The second-order valence-corrected chi connectivity index (χ2v) is 6.96. The molecule has 0 atom stereocenters. The third kappa shape index (κ3) is 4.73. The minimum Gasteiger partial charge on any atom is -0.457 e. The molecule has 0 saturated carbocycles. The number of Topliss-reactive ketones (excluding diaryl/α,β-unsaturated/α-hetero) is 1. The van der Waals surface area contributed by atoms with Gasteiger partial charge in [-0.05, 0) is 54.4 Å². The molecule has 3 aromatic carbocycles. The van der Waals surface area contributed by atoms with Crippen LogP contribution in [0, 0.1) is 0 Å². The molecule has 1 N–H and O–H groups in total. The summed E-state index contributed by atoms with van der Waals surface area (Å²) in [6.07, 6.45) is 0.665. The number of ketones is 1. The molecular formula is C26H21NO3. The van der Waals surface area contributed by atoms with E-state index in [4.69, 9.17) is 4.74 Å². The Labute approximate surface area is 174 Å². The standard InChI is InChI=1S/C26H21NO3/c28-25(20-11-15-23(16-12-20)30-22-9-5-2-6-10-22)18-14-21-13-17-24(27-26(21)29)19-7-3-1-4-8-19/h1-13,15-17H,14,18H2,(H,27,29). The van der Waals surface area contributed by atoms with Gasteiger partial charge in [-0.1, -0.05) is 54.6 Å². The van der Waals surface area contributed by atoms with Crippen LogP contribution in [0.25, 0.3) is 11.3 Å². The van der Waals surface area contributed by atoms with Crippen LogP contribution < -0.4 is 10.3 Å². The molecule has 0 amide bonds. The average molecular weight is 395 g/mol. The number of aromatic nitrogens is 1. The van der Waals surface area contributed by atoms with Gasteiger partial charge in [0, 0.05) is 23.2 Å². The number of ether oxygens (including phenoxy) is 1. The van der Waals surface area contributed by atoms with Crippen molar-refractivity contribution in [1.29, 1.82) is 0 Å². The SMILES string of the molecule is O=C(CCc1ccc(-c2ccccc2)[nH]c1=O)c1ccc(Oc2ccccc2)cc1. The molecule has 0 aliphatic carbocycles. The van der Waals surface area contributed by atoms with Gasteiger partial charge < -0.3 is 9.72 Å². The second-order valence-electron chi connectivity index (χ2n) is 6.96. The predicted molar refractivity (Wildman–Crippen MR) is 118 cm³/mol. The summed E-state index contributed by atoms with van der Waals surface area (Å²) in [7, 11) is 0. The molecule has 148 valence electrons. The number of nitrogens with one attached hydrogen (secondary N) is 1. The molecule has 4 nitrogen and oxygen atoms in total. The van der Waals surface area contributed by atoms with Gasteiger partial charge in [-0.25, -0.2) is 0 Å². The minimum atomic E-state index is -0.157. The summed E-state index contributed by atoms with van der Waals surface area (Å²) in [5.74, 6) is 1.41. The number of H-pyrrole nitrogens is 1. The molecule has 0 aliphatic heterocycles. The van der Waals surface area contributed by atoms with Crippen LogP contribution in [-0.4, -0.2) is 10.8 Å². The highest BCUT2D eigenvalue weighted by atomic mass is 16.5. The van der Waals surface area contributed by atoms with E-state index in [-0.39, 0.29) is 17.8 Å². The summed E-state index contributed by atoms with van der Waals surface area (Å²) in [6.45, 7) is 0. The number of aromatic amines is 1. The van der Waals surface area contributed by atoms with Crippen molar-refractivity contribution in [2.75, 3.05) is 0 Å². The number of aryl methyl sites for hydroxylation is 1. The maximum atomic E-state index is 12.5. The maximum Gasteiger partial charge on any atom is 0.251 e. The number of pyridine rings is 1. The molecule has 4 aromatic rings. The van der Waals surface area contributed by atoms with Crippen LogP contribution in [0.15, 0.2) is 102 Å². The van der Waals surface area contributed by atoms with Crippen LogP contribution in [0.3, 0.4) is 0 Å². The van der Waals surface area contributed by atoms with Crippen molar-refractivity contribution < 1.29 is 9.53 Å². The van der Waals surface area contributed by atoms with Gasteiger partial charge in [-0.3, -0.25) is 9.59 Å². The van der Waals surface area contributed by atoms with Gasteiger partial charge in [0.05, 0.1) is 0 Å². The zero-order valence-corrected chi connectivity index (χ0v) is 16.4. The highest BCUT2D eigenvalue weighted by Crippen LogP contribution is 2.22. The summed E-state index contributed by atoms with van der Waals surface area (Å²) in [4.78, 5) is 27.8. The van der Waals surface area contributed by atoms with E-state index in [0.717, 1.165) is 17.0 Å². The van der Waals surface area contributed by atoms with Crippen LogP contribution in [0.1, 0.15) is 22.3 Å². The molecule has 0 unspecified atom stereocenters. The highest BCUT2D eigenvalue weighted by molar-refractivity contribution is 5.96. The first-order valence-corrected chi connectivity index (χ1v) is 9.83. The highest BCUT2D eigenvalue weighted by Gasteiger charge is 2.09. The predicted octanol–water partition coefficient (Wildman–Crippen LogP) is 5.65. The molecule has 1 aromatic heterocycles. The van der Waals surface area contributed by atoms with Gasteiger partial charge in [0.2, 0.25) is 0 Å². The minimum absolute atomic E-state index is 0.00667. The Morgan fingerprint density at radius 1 is 0.733 bits per heavy atom. The fourth-order valence-electron chi connectivity index (χ4n) is 3.21. The van der Waals surface area contributed by atoms with Crippen LogP contribution in [0.4, 0.5) is 0 Å². The Kier molecular flexibility index (Phi) is 5.85. The maximum absolute atomic E-state index is 12.5. The average Bonchev–Trinajstić information content (AvgIpc) is 2.80. The smallest absolute Gasteiger partial charge is 0.251 e. The summed E-state index contributed by atoms with van der Waals surface area (Å²) < 4.78 is 5.75. The summed E-state index contributed by atoms with van der Waals surface area (Å²) >= 11 is 0. The molecular weight excluding hydrogens is 374 g/mol. The Balaban J connectivity index is 1.38. The van der Waals surface area contributed by atoms with Crippen LogP contribution in [0.2, 0.25) is 0 Å². The first-order chi connectivity index (χ1) is 14.7.